The first-order valence-corrected chi connectivity index (χ1v) is 7.60. The van der Waals surface area contributed by atoms with E-state index in [0.717, 1.165) is 16.8 Å². The van der Waals surface area contributed by atoms with Crippen molar-refractivity contribution in [2.75, 3.05) is 0 Å². The molecule has 2 aromatic carbocycles. The summed E-state index contributed by atoms with van der Waals surface area (Å²) >= 11 is 7.25. The number of hydrogen-bond acceptors (Lipinski definition) is 4. The molecule has 23 heavy (non-hydrogen) atoms. The highest BCUT2D eigenvalue weighted by Crippen LogP contribution is 2.27. The number of thiazole rings is 1. The molecule has 3 aromatic rings. The third kappa shape index (κ3) is 3.11. The molecule has 0 fully saturated rings. The third-order valence-corrected chi connectivity index (χ3v) is 4.29. The van der Waals surface area contributed by atoms with Crippen LogP contribution in [-0.4, -0.2) is 10.9 Å². The molecule has 3 rings (SSSR count). The van der Waals surface area contributed by atoms with Gasteiger partial charge in [0.15, 0.2) is 11.6 Å². The number of ether oxygens (including phenoxy) is 1. The molecular weight excluding hydrogens is 346 g/mol. The van der Waals surface area contributed by atoms with Crippen molar-refractivity contribution in [3.05, 3.63) is 57.6 Å². The first-order valence-electron chi connectivity index (χ1n) is 6.41. The van der Waals surface area contributed by atoms with E-state index in [9.17, 15) is 13.6 Å². The van der Waals surface area contributed by atoms with Crippen molar-refractivity contribution < 1.29 is 18.3 Å². The lowest BCUT2D eigenvalue weighted by molar-refractivity contribution is 0.0991. The topological polar surface area (TPSA) is 65.2 Å². The molecular formula is C15H9ClF2N2O2S. The summed E-state index contributed by atoms with van der Waals surface area (Å²) in [4.78, 5) is 15.4. The number of benzene rings is 2. The van der Waals surface area contributed by atoms with Crippen molar-refractivity contribution in [1.82, 2.24) is 4.98 Å². The Hall–Kier alpha value is -2.25. The predicted octanol–water partition coefficient (Wildman–Crippen LogP) is 3.91. The van der Waals surface area contributed by atoms with E-state index in [4.69, 9.17) is 22.1 Å². The normalized spacial score (nSPS) is 10.9. The second-order valence-corrected chi connectivity index (χ2v) is 6.16. The van der Waals surface area contributed by atoms with E-state index in [-0.39, 0.29) is 12.4 Å². The molecule has 0 saturated heterocycles. The van der Waals surface area contributed by atoms with Gasteiger partial charge in [-0.1, -0.05) is 11.6 Å². The van der Waals surface area contributed by atoms with Crippen LogP contribution in [0.25, 0.3) is 10.2 Å². The summed E-state index contributed by atoms with van der Waals surface area (Å²) in [6.45, 7) is -0.0300. The molecule has 0 saturated carbocycles. The maximum atomic E-state index is 14.0. The second kappa shape index (κ2) is 6.10. The van der Waals surface area contributed by atoms with Gasteiger partial charge in [-0.3, -0.25) is 4.79 Å². The van der Waals surface area contributed by atoms with Crippen LogP contribution >= 0.6 is 22.9 Å². The molecule has 0 radical (unpaired) electrons. The lowest BCUT2D eigenvalue weighted by Gasteiger charge is -2.08. The molecule has 0 aliphatic carbocycles. The zero-order valence-corrected chi connectivity index (χ0v) is 13.0. The van der Waals surface area contributed by atoms with Gasteiger partial charge < -0.3 is 10.5 Å². The summed E-state index contributed by atoms with van der Waals surface area (Å²) in [5.41, 5.74) is 4.85. The summed E-state index contributed by atoms with van der Waals surface area (Å²) in [6.07, 6.45) is 0. The molecule has 0 spiro atoms. The molecule has 0 bridgehead atoms. The lowest BCUT2D eigenvalue weighted by atomic mass is 10.2. The number of carbonyl (C=O) groups excluding carboxylic acids is 1. The first-order chi connectivity index (χ1) is 11.0. The smallest absolute Gasteiger partial charge is 0.254 e. The van der Waals surface area contributed by atoms with Crippen LogP contribution in [0.5, 0.6) is 5.75 Å². The molecule has 1 heterocycles. The van der Waals surface area contributed by atoms with Gasteiger partial charge in [0.25, 0.3) is 5.91 Å². The number of hydrogen-bond donors (Lipinski definition) is 1. The van der Waals surface area contributed by atoms with Gasteiger partial charge in [-0.15, -0.1) is 11.3 Å². The van der Waals surface area contributed by atoms with Gasteiger partial charge in [0.1, 0.15) is 23.0 Å². The van der Waals surface area contributed by atoms with Gasteiger partial charge in [0.2, 0.25) is 0 Å². The van der Waals surface area contributed by atoms with E-state index >= 15 is 0 Å². The van der Waals surface area contributed by atoms with Crippen LogP contribution in [0.15, 0.2) is 30.3 Å². The Bertz CT molecular complexity index is 914. The van der Waals surface area contributed by atoms with Gasteiger partial charge in [-0.25, -0.2) is 13.8 Å². The number of nitrogens with zero attached hydrogens (tertiary/aromatic N) is 1. The van der Waals surface area contributed by atoms with Crippen molar-refractivity contribution in [2.24, 2.45) is 5.73 Å². The van der Waals surface area contributed by atoms with Crippen molar-refractivity contribution >= 4 is 39.1 Å². The molecule has 1 amide bonds. The highest BCUT2D eigenvalue weighted by molar-refractivity contribution is 7.18. The molecule has 1 aromatic heterocycles. The number of carbonyl (C=O) groups is 1. The van der Waals surface area contributed by atoms with Gasteiger partial charge in [-0.05, 0) is 30.3 Å². The summed E-state index contributed by atoms with van der Waals surface area (Å²) in [5.74, 6) is -3.61. The Morgan fingerprint density at radius 2 is 2.09 bits per heavy atom. The van der Waals surface area contributed by atoms with Crippen molar-refractivity contribution in [2.45, 2.75) is 6.61 Å². The highest BCUT2D eigenvalue weighted by Gasteiger charge is 2.19. The Morgan fingerprint density at radius 3 is 2.83 bits per heavy atom. The quantitative estimate of drug-likeness (QED) is 0.772. The number of fused-ring (bicyclic) bond motifs is 1. The van der Waals surface area contributed by atoms with E-state index in [0.29, 0.717) is 15.5 Å². The summed E-state index contributed by atoms with van der Waals surface area (Å²) in [6, 6.07) is 7.30. The minimum Gasteiger partial charge on any atom is -0.483 e. The van der Waals surface area contributed by atoms with Crippen LogP contribution in [0.4, 0.5) is 8.78 Å². The fourth-order valence-corrected chi connectivity index (χ4v) is 3.05. The summed E-state index contributed by atoms with van der Waals surface area (Å²) < 4.78 is 33.6. The average Bonchev–Trinajstić information content (AvgIpc) is 2.88. The molecule has 0 aliphatic heterocycles. The summed E-state index contributed by atoms with van der Waals surface area (Å²) in [5, 5.41) is 1.15. The number of amides is 1. The number of halogens is 3. The fraction of sp³-hybridized carbons (Fsp3) is 0.0667. The van der Waals surface area contributed by atoms with Gasteiger partial charge in [0, 0.05) is 5.02 Å². The van der Waals surface area contributed by atoms with Gasteiger partial charge >= 0.3 is 0 Å². The third-order valence-electron chi connectivity index (χ3n) is 3.05. The Morgan fingerprint density at radius 1 is 1.30 bits per heavy atom. The minimum atomic E-state index is -1.19. The Balaban J connectivity index is 1.85. The zero-order chi connectivity index (χ0) is 16.6. The average molecular weight is 355 g/mol. The van der Waals surface area contributed by atoms with Crippen molar-refractivity contribution in [3.63, 3.8) is 0 Å². The molecule has 0 aliphatic rings. The zero-order valence-electron chi connectivity index (χ0n) is 11.5. The maximum absolute atomic E-state index is 14.0. The molecule has 8 heteroatoms. The van der Waals surface area contributed by atoms with E-state index in [2.05, 4.69) is 4.98 Å². The monoisotopic (exact) mass is 354 g/mol. The van der Waals surface area contributed by atoms with Crippen LogP contribution in [-0.2, 0) is 6.61 Å². The molecule has 4 nitrogen and oxygen atoms in total. The van der Waals surface area contributed by atoms with Crippen LogP contribution < -0.4 is 10.5 Å². The first kappa shape index (κ1) is 15.6. The fourth-order valence-electron chi connectivity index (χ4n) is 2.02. The minimum absolute atomic E-state index is 0.0300. The van der Waals surface area contributed by atoms with Crippen LogP contribution in [0.2, 0.25) is 5.02 Å². The van der Waals surface area contributed by atoms with E-state index in [1.54, 1.807) is 12.1 Å². The Kier molecular flexibility index (Phi) is 4.14. The van der Waals surface area contributed by atoms with Crippen LogP contribution in [0.1, 0.15) is 15.4 Å². The number of aromatic nitrogens is 1. The number of nitrogens with two attached hydrogens (primary N) is 1. The van der Waals surface area contributed by atoms with Crippen molar-refractivity contribution in [1.29, 1.82) is 0 Å². The van der Waals surface area contributed by atoms with Gasteiger partial charge in [-0.2, -0.15) is 0 Å². The molecule has 0 atom stereocenters. The lowest BCUT2D eigenvalue weighted by Crippen LogP contribution is -2.16. The van der Waals surface area contributed by atoms with Crippen molar-refractivity contribution in [3.8, 4) is 5.75 Å². The van der Waals surface area contributed by atoms with Crippen LogP contribution in [0.3, 0.4) is 0 Å². The Labute approximate surface area is 138 Å². The highest BCUT2D eigenvalue weighted by atomic mass is 35.5. The van der Waals surface area contributed by atoms with E-state index < -0.39 is 23.1 Å². The molecule has 2 N–H and O–H groups in total. The van der Waals surface area contributed by atoms with E-state index in [1.165, 1.54) is 11.3 Å². The summed E-state index contributed by atoms with van der Waals surface area (Å²) in [7, 11) is 0. The standard InChI is InChI=1S/C15H9ClF2N2O2S/c16-7-1-4-11-9(5-7)20-12(23-11)6-22-10-3-2-8(17)13(14(10)18)15(19)21/h1-5H,6H2,(H2,19,21). The molecule has 118 valence electrons. The SMILES string of the molecule is NC(=O)c1c(F)ccc(OCc2nc3cc(Cl)ccc3s2)c1F. The van der Waals surface area contributed by atoms with Crippen LogP contribution in [0, 0.1) is 11.6 Å². The molecule has 0 unspecified atom stereocenters. The second-order valence-electron chi connectivity index (χ2n) is 4.61. The van der Waals surface area contributed by atoms with Gasteiger partial charge in [0.05, 0.1) is 10.2 Å². The number of primary amides is 1. The number of rotatable bonds is 4. The van der Waals surface area contributed by atoms with E-state index in [1.807, 2.05) is 6.07 Å². The largest absolute Gasteiger partial charge is 0.483 e. The maximum Gasteiger partial charge on any atom is 0.254 e. The predicted molar refractivity (Wildman–Crippen MR) is 83.8 cm³/mol.